The van der Waals surface area contributed by atoms with Crippen molar-refractivity contribution in [2.24, 2.45) is 5.73 Å². The largest absolute Gasteiger partial charge is 0.493 e. The lowest BCUT2D eigenvalue weighted by Gasteiger charge is -2.27. The van der Waals surface area contributed by atoms with Crippen LogP contribution in [-0.4, -0.2) is 24.7 Å². The Morgan fingerprint density at radius 3 is 2.46 bits per heavy atom. The van der Waals surface area contributed by atoms with Gasteiger partial charge in [-0.05, 0) is 45.0 Å². The van der Waals surface area contributed by atoms with Gasteiger partial charge >= 0.3 is 5.97 Å². The Hall–Kier alpha value is -2.60. The fourth-order valence-electron chi connectivity index (χ4n) is 2.43. The van der Waals surface area contributed by atoms with Gasteiger partial charge in [0.1, 0.15) is 29.5 Å². The minimum Gasteiger partial charge on any atom is -0.493 e. The first kappa shape index (κ1) is 19.7. The van der Waals surface area contributed by atoms with Gasteiger partial charge < -0.3 is 19.9 Å². The average molecular weight is 361 g/mol. The molecule has 2 aromatic rings. The summed E-state index contributed by atoms with van der Waals surface area (Å²) in [7, 11) is 0. The van der Waals surface area contributed by atoms with Crippen molar-refractivity contribution >= 4 is 5.97 Å². The normalized spacial score (nSPS) is 14.2. The lowest BCUT2D eigenvalue weighted by Crippen LogP contribution is -2.35. The molecule has 2 rings (SSSR count). The van der Waals surface area contributed by atoms with Crippen LogP contribution in [0.1, 0.15) is 32.4 Å². The number of para-hydroxylation sites is 1. The topological polar surface area (TPSA) is 70.8 Å². The minimum absolute atomic E-state index is 0.345. The van der Waals surface area contributed by atoms with Gasteiger partial charge in [-0.2, -0.15) is 0 Å². The number of ether oxygens (including phenoxy) is 3. The highest BCUT2D eigenvalue weighted by atomic mass is 19.1. The van der Waals surface area contributed by atoms with E-state index in [9.17, 15) is 9.18 Å². The van der Waals surface area contributed by atoms with Gasteiger partial charge in [0, 0.05) is 11.6 Å². The highest BCUT2D eigenvalue weighted by molar-refractivity contribution is 5.75. The molecule has 140 valence electrons. The molecular weight excluding hydrogens is 337 g/mol. The lowest BCUT2D eigenvalue weighted by molar-refractivity contribution is -0.154. The number of rotatable bonds is 8. The van der Waals surface area contributed by atoms with Crippen molar-refractivity contribution in [3.63, 3.8) is 0 Å². The van der Waals surface area contributed by atoms with Gasteiger partial charge in [-0.3, -0.25) is 4.79 Å². The Kier molecular flexibility index (Phi) is 6.97. The molecule has 0 heterocycles. The molecule has 0 aromatic heterocycles. The summed E-state index contributed by atoms with van der Waals surface area (Å²) in [6.45, 7) is 5.42. The van der Waals surface area contributed by atoms with E-state index in [-0.39, 0.29) is 0 Å². The number of carbonyl (C=O) groups excluding carboxylic acids is 1. The number of nitrogens with two attached hydrogens (primary N) is 1. The van der Waals surface area contributed by atoms with Crippen molar-refractivity contribution in [1.29, 1.82) is 0 Å². The third kappa shape index (κ3) is 5.20. The highest BCUT2D eigenvalue weighted by Crippen LogP contribution is 2.33. The van der Waals surface area contributed by atoms with Crippen LogP contribution in [0.2, 0.25) is 0 Å². The number of halogens is 1. The Morgan fingerprint density at radius 1 is 1.15 bits per heavy atom. The molecule has 0 saturated heterocycles. The zero-order valence-corrected chi connectivity index (χ0v) is 15.1. The maximum Gasteiger partial charge on any atom is 0.323 e. The van der Waals surface area contributed by atoms with Crippen LogP contribution in [0, 0.1) is 5.82 Å². The Morgan fingerprint density at radius 2 is 1.85 bits per heavy atom. The predicted molar refractivity (Wildman–Crippen MR) is 96.6 cm³/mol. The second kappa shape index (κ2) is 9.20. The molecule has 0 unspecified atom stereocenters. The number of carbonyl (C=O) groups is 1. The summed E-state index contributed by atoms with van der Waals surface area (Å²) in [5.41, 5.74) is 6.17. The van der Waals surface area contributed by atoms with Crippen LogP contribution in [0.25, 0.3) is 0 Å². The van der Waals surface area contributed by atoms with Gasteiger partial charge in [0.2, 0.25) is 0 Å². The van der Waals surface area contributed by atoms with Crippen LogP contribution in [0.3, 0.4) is 0 Å². The molecule has 0 aliphatic heterocycles. The van der Waals surface area contributed by atoms with Gasteiger partial charge in [0.25, 0.3) is 0 Å². The van der Waals surface area contributed by atoms with Crippen LogP contribution >= 0.6 is 0 Å². The molecule has 0 fully saturated rings. The van der Waals surface area contributed by atoms with Crippen molar-refractivity contribution in [1.82, 2.24) is 0 Å². The SMILES string of the molecule is CCOc1cc(F)ccc1[C@@H](Oc1ccccc1)[C@H](C)OC(=O)[C@H](C)N. The highest BCUT2D eigenvalue weighted by Gasteiger charge is 2.29. The van der Waals surface area contributed by atoms with E-state index >= 15 is 0 Å². The van der Waals surface area contributed by atoms with Crippen LogP contribution in [0.5, 0.6) is 11.5 Å². The minimum atomic E-state index is -0.755. The van der Waals surface area contributed by atoms with Crippen molar-refractivity contribution in [2.75, 3.05) is 6.61 Å². The van der Waals surface area contributed by atoms with Gasteiger partial charge in [0.05, 0.1) is 6.61 Å². The van der Waals surface area contributed by atoms with Gasteiger partial charge in [-0.15, -0.1) is 0 Å². The van der Waals surface area contributed by atoms with Gasteiger partial charge in [-0.1, -0.05) is 18.2 Å². The first-order valence-electron chi connectivity index (χ1n) is 8.52. The molecule has 0 aliphatic rings. The monoisotopic (exact) mass is 361 g/mol. The summed E-state index contributed by atoms with van der Waals surface area (Å²) in [5, 5.41) is 0. The van der Waals surface area contributed by atoms with Crippen molar-refractivity contribution in [2.45, 2.75) is 39.0 Å². The first-order valence-corrected chi connectivity index (χ1v) is 8.52. The molecule has 5 nitrogen and oxygen atoms in total. The zero-order valence-electron chi connectivity index (χ0n) is 15.1. The quantitative estimate of drug-likeness (QED) is 0.727. The molecule has 2 N–H and O–H groups in total. The third-order valence-electron chi connectivity index (χ3n) is 3.69. The maximum absolute atomic E-state index is 13.7. The lowest BCUT2D eigenvalue weighted by atomic mass is 10.0. The smallest absolute Gasteiger partial charge is 0.323 e. The molecule has 0 saturated carbocycles. The molecule has 3 atom stereocenters. The fraction of sp³-hybridized carbons (Fsp3) is 0.350. The van der Waals surface area contributed by atoms with Crippen molar-refractivity contribution in [3.8, 4) is 11.5 Å². The Bertz CT molecular complexity index is 721. The maximum atomic E-state index is 13.7. The zero-order chi connectivity index (χ0) is 19.1. The van der Waals surface area contributed by atoms with E-state index in [0.717, 1.165) is 0 Å². The molecule has 26 heavy (non-hydrogen) atoms. The van der Waals surface area contributed by atoms with Crippen LogP contribution in [0.15, 0.2) is 48.5 Å². The second-order valence-electron chi connectivity index (χ2n) is 5.90. The summed E-state index contributed by atoms with van der Waals surface area (Å²) < 4.78 is 30.7. The first-order chi connectivity index (χ1) is 12.4. The summed E-state index contributed by atoms with van der Waals surface area (Å²) in [5.74, 6) is -0.0276. The standard InChI is InChI=1S/C20H24FNO4/c1-4-24-18-12-15(21)10-11-17(18)19(14(3)25-20(23)13(2)22)26-16-8-6-5-7-9-16/h5-14,19H,4,22H2,1-3H3/t13-,14-,19-/m0/s1. The summed E-state index contributed by atoms with van der Waals surface area (Å²) in [4.78, 5) is 11.9. The van der Waals surface area contributed by atoms with Crippen molar-refractivity contribution in [3.05, 3.63) is 59.9 Å². The summed E-state index contributed by atoms with van der Waals surface area (Å²) in [6.07, 6.45) is -1.36. The van der Waals surface area contributed by atoms with E-state index in [1.807, 2.05) is 18.2 Å². The molecular formula is C20H24FNO4. The molecule has 0 aliphatic carbocycles. The van der Waals surface area contributed by atoms with Crippen LogP contribution in [-0.2, 0) is 9.53 Å². The van der Waals surface area contributed by atoms with Gasteiger partial charge in [0.15, 0.2) is 6.10 Å². The average Bonchev–Trinajstić information content (AvgIpc) is 2.61. The number of benzene rings is 2. The van der Waals surface area contributed by atoms with E-state index in [0.29, 0.717) is 23.7 Å². The molecule has 0 amide bonds. The third-order valence-corrected chi connectivity index (χ3v) is 3.69. The molecule has 6 heteroatoms. The number of esters is 1. The second-order valence-corrected chi connectivity index (χ2v) is 5.90. The van der Waals surface area contributed by atoms with E-state index in [2.05, 4.69) is 0 Å². The summed E-state index contributed by atoms with van der Waals surface area (Å²) >= 11 is 0. The van der Waals surface area contributed by atoms with E-state index in [1.165, 1.54) is 12.1 Å². The van der Waals surface area contributed by atoms with E-state index in [4.69, 9.17) is 19.9 Å². The van der Waals surface area contributed by atoms with Crippen molar-refractivity contribution < 1.29 is 23.4 Å². The van der Waals surface area contributed by atoms with Gasteiger partial charge in [-0.25, -0.2) is 4.39 Å². The number of hydrogen-bond acceptors (Lipinski definition) is 5. The molecule has 0 bridgehead atoms. The van der Waals surface area contributed by atoms with E-state index in [1.54, 1.807) is 39.0 Å². The Balaban J connectivity index is 2.38. The van der Waals surface area contributed by atoms with E-state index < -0.39 is 30.0 Å². The molecule has 0 spiro atoms. The summed E-state index contributed by atoms with van der Waals surface area (Å²) in [6, 6.07) is 12.5. The predicted octanol–water partition coefficient (Wildman–Crippen LogP) is 3.62. The van der Waals surface area contributed by atoms with Crippen LogP contribution in [0.4, 0.5) is 4.39 Å². The number of hydrogen-bond donors (Lipinski definition) is 1. The van der Waals surface area contributed by atoms with Crippen LogP contribution < -0.4 is 15.2 Å². The fourth-order valence-corrected chi connectivity index (χ4v) is 2.43. The molecule has 0 radical (unpaired) electrons. The molecule has 2 aromatic carbocycles. The Labute approximate surface area is 152 Å².